The molecule has 0 saturated carbocycles. The van der Waals surface area contributed by atoms with Gasteiger partial charge in [0, 0.05) is 43.5 Å². The van der Waals surface area contributed by atoms with E-state index in [2.05, 4.69) is 4.90 Å². The molecule has 7 heteroatoms. The van der Waals surface area contributed by atoms with E-state index in [0.29, 0.717) is 5.56 Å². The molecule has 0 atom stereocenters. The Labute approximate surface area is 116 Å². The van der Waals surface area contributed by atoms with E-state index in [9.17, 15) is 14.9 Å². The lowest BCUT2D eigenvalue weighted by molar-refractivity contribution is -0.384. The zero-order chi connectivity index (χ0) is 14.7. The Morgan fingerprint density at radius 3 is 2.65 bits per heavy atom. The summed E-state index contributed by atoms with van der Waals surface area (Å²) < 4.78 is 0. The molecule has 7 nitrogen and oxygen atoms in total. The van der Waals surface area contributed by atoms with Gasteiger partial charge in [0.05, 0.1) is 11.5 Å². The third-order valence-corrected chi connectivity index (χ3v) is 3.45. The summed E-state index contributed by atoms with van der Waals surface area (Å²) in [5, 5.41) is 19.8. The van der Waals surface area contributed by atoms with Crippen molar-refractivity contribution in [3.05, 3.63) is 33.9 Å². The highest BCUT2D eigenvalue weighted by Gasteiger charge is 2.20. The minimum absolute atomic E-state index is 0.0123. The number of carbonyl (C=O) groups is 1. The van der Waals surface area contributed by atoms with Crippen molar-refractivity contribution in [2.24, 2.45) is 0 Å². The molecule has 1 aliphatic rings. The van der Waals surface area contributed by atoms with Gasteiger partial charge < -0.3 is 14.9 Å². The highest BCUT2D eigenvalue weighted by molar-refractivity contribution is 5.66. The Balaban J connectivity index is 2.34. The molecule has 1 saturated heterocycles. The summed E-state index contributed by atoms with van der Waals surface area (Å²) in [7, 11) is 1.45. The molecular weight excluding hydrogens is 262 g/mol. The second kappa shape index (κ2) is 5.77. The zero-order valence-corrected chi connectivity index (χ0v) is 11.3. The monoisotopic (exact) mass is 279 g/mol. The Morgan fingerprint density at radius 1 is 1.45 bits per heavy atom. The van der Waals surface area contributed by atoms with Crippen LogP contribution in [0.1, 0.15) is 18.4 Å². The van der Waals surface area contributed by atoms with E-state index < -0.39 is 11.0 Å². The van der Waals surface area contributed by atoms with E-state index >= 15 is 0 Å². The minimum Gasteiger partial charge on any atom is -0.465 e. The van der Waals surface area contributed by atoms with Crippen LogP contribution >= 0.6 is 0 Å². The molecule has 0 spiro atoms. The highest BCUT2D eigenvalue weighted by atomic mass is 16.6. The number of hydrogen-bond donors (Lipinski definition) is 1. The Morgan fingerprint density at radius 2 is 2.10 bits per heavy atom. The summed E-state index contributed by atoms with van der Waals surface area (Å²) in [5.74, 6) is 0. The number of rotatable bonds is 4. The van der Waals surface area contributed by atoms with Crippen LogP contribution in [0.4, 0.5) is 16.2 Å². The number of benzene rings is 1. The van der Waals surface area contributed by atoms with E-state index in [0.717, 1.165) is 36.5 Å². The van der Waals surface area contributed by atoms with Crippen LogP contribution in [0, 0.1) is 10.1 Å². The van der Waals surface area contributed by atoms with Gasteiger partial charge in [-0.2, -0.15) is 0 Å². The van der Waals surface area contributed by atoms with E-state index in [1.165, 1.54) is 19.2 Å². The molecule has 1 N–H and O–H groups in total. The van der Waals surface area contributed by atoms with Crippen molar-refractivity contribution in [2.45, 2.75) is 19.4 Å². The summed E-state index contributed by atoms with van der Waals surface area (Å²) in [6.45, 7) is 1.95. The predicted octanol–water partition coefficient (Wildman–Crippen LogP) is 2.30. The largest absolute Gasteiger partial charge is 0.465 e. The van der Waals surface area contributed by atoms with Gasteiger partial charge in [0.15, 0.2) is 0 Å². The first-order valence-corrected chi connectivity index (χ1v) is 6.45. The highest BCUT2D eigenvalue weighted by Crippen LogP contribution is 2.29. The molecule has 108 valence electrons. The summed E-state index contributed by atoms with van der Waals surface area (Å²) in [4.78, 5) is 24.6. The van der Waals surface area contributed by atoms with Gasteiger partial charge in [0.1, 0.15) is 0 Å². The number of nitrogens with zero attached hydrogens (tertiary/aromatic N) is 3. The number of nitro groups is 1. The van der Waals surface area contributed by atoms with E-state index in [1.807, 2.05) is 0 Å². The van der Waals surface area contributed by atoms with E-state index in [-0.39, 0.29) is 12.2 Å². The quantitative estimate of drug-likeness (QED) is 0.675. The van der Waals surface area contributed by atoms with Crippen LogP contribution in [0.15, 0.2) is 18.2 Å². The summed E-state index contributed by atoms with van der Waals surface area (Å²) in [6.07, 6.45) is 1.13. The van der Waals surface area contributed by atoms with Gasteiger partial charge in [-0.3, -0.25) is 10.1 Å². The molecule has 0 aliphatic carbocycles. The van der Waals surface area contributed by atoms with Crippen molar-refractivity contribution < 1.29 is 14.8 Å². The first-order valence-electron chi connectivity index (χ1n) is 6.45. The Bertz CT molecular complexity index is 526. The second-order valence-corrected chi connectivity index (χ2v) is 4.90. The number of hydrogen-bond acceptors (Lipinski definition) is 4. The van der Waals surface area contributed by atoms with Crippen LogP contribution in [0.2, 0.25) is 0 Å². The second-order valence-electron chi connectivity index (χ2n) is 4.90. The maximum absolute atomic E-state index is 10.9. The molecule has 2 rings (SSSR count). The maximum atomic E-state index is 10.9. The SMILES string of the molecule is CN(Cc1cc([N+](=O)[O-])ccc1N1CCCC1)C(=O)O. The number of anilines is 1. The predicted molar refractivity (Wildman–Crippen MR) is 74.0 cm³/mol. The van der Waals surface area contributed by atoms with Crippen LogP contribution < -0.4 is 4.90 Å². The minimum atomic E-state index is -1.05. The number of non-ortho nitro benzene ring substituents is 1. The first kappa shape index (κ1) is 14.1. The van der Waals surface area contributed by atoms with Gasteiger partial charge in [0.25, 0.3) is 5.69 Å². The van der Waals surface area contributed by atoms with Gasteiger partial charge in [-0.1, -0.05) is 0 Å². The van der Waals surface area contributed by atoms with Gasteiger partial charge in [-0.15, -0.1) is 0 Å². The molecule has 0 radical (unpaired) electrons. The van der Waals surface area contributed by atoms with Crippen LogP contribution in [-0.2, 0) is 6.54 Å². The normalized spacial score (nSPS) is 14.3. The molecular formula is C13H17N3O4. The lowest BCUT2D eigenvalue weighted by Gasteiger charge is -2.23. The average molecular weight is 279 g/mol. The van der Waals surface area contributed by atoms with Gasteiger partial charge in [-0.25, -0.2) is 4.79 Å². The molecule has 1 aromatic carbocycles. The van der Waals surface area contributed by atoms with Crippen molar-refractivity contribution >= 4 is 17.5 Å². The van der Waals surface area contributed by atoms with Crippen molar-refractivity contribution in [3.8, 4) is 0 Å². The van der Waals surface area contributed by atoms with E-state index in [4.69, 9.17) is 5.11 Å². The van der Waals surface area contributed by atoms with Crippen LogP contribution in [0.25, 0.3) is 0 Å². The smallest absolute Gasteiger partial charge is 0.407 e. The molecule has 1 fully saturated rings. The van der Waals surface area contributed by atoms with Crippen LogP contribution in [-0.4, -0.2) is 41.2 Å². The Kier molecular flexibility index (Phi) is 4.07. The van der Waals surface area contributed by atoms with Gasteiger partial charge in [0.2, 0.25) is 0 Å². The number of carboxylic acid groups (broad SMARTS) is 1. The molecule has 1 heterocycles. The molecule has 1 amide bonds. The van der Waals surface area contributed by atoms with E-state index in [1.54, 1.807) is 6.07 Å². The summed E-state index contributed by atoms with van der Waals surface area (Å²) in [6, 6.07) is 4.65. The fourth-order valence-electron chi connectivity index (χ4n) is 2.40. The molecule has 0 unspecified atom stereocenters. The van der Waals surface area contributed by atoms with Crippen molar-refractivity contribution in [3.63, 3.8) is 0 Å². The maximum Gasteiger partial charge on any atom is 0.407 e. The first-order chi connectivity index (χ1) is 9.49. The van der Waals surface area contributed by atoms with Crippen molar-refractivity contribution in [1.82, 2.24) is 4.90 Å². The van der Waals surface area contributed by atoms with Gasteiger partial charge in [-0.05, 0) is 18.9 Å². The summed E-state index contributed by atoms with van der Waals surface area (Å²) >= 11 is 0. The molecule has 20 heavy (non-hydrogen) atoms. The Hall–Kier alpha value is -2.31. The van der Waals surface area contributed by atoms with Crippen molar-refractivity contribution in [2.75, 3.05) is 25.0 Å². The average Bonchev–Trinajstić information content (AvgIpc) is 2.92. The summed E-state index contributed by atoms with van der Waals surface area (Å²) in [5.41, 5.74) is 1.55. The molecule has 1 aromatic rings. The third kappa shape index (κ3) is 2.98. The standard InChI is InChI=1S/C13H17N3O4/c1-14(13(17)18)9-10-8-11(16(19)20)4-5-12(10)15-6-2-3-7-15/h4-5,8H,2-3,6-7,9H2,1H3,(H,17,18). The third-order valence-electron chi connectivity index (χ3n) is 3.45. The molecule has 0 aromatic heterocycles. The van der Waals surface area contributed by atoms with Crippen LogP contribution in [0.5, 0.6) is 0 Å². The topological polar surface area (TPSA) is 86.9 Å². The molecule has 1 aliphatic heterocycles. The van der Waals surface area contributed by atoms with Gasteiger partial charge >= 0.3 is 6.09 Å². The lowest BCUT2D eigenvalue weighted by Crippen LogP contribution is -2.26. The number of nitro benzene ring substituents is 1. The fourth-order valence-corrected chi connectivity index (χ4v) is 2.40. The number of amides is 1. The molecule has 0 bridgehead atoms. The van der Waals surface area contributed by atoms with Crippen LogP contribution in [0.3, 0.4) is 0 Å². The fraction of sp³-hybridized carbons (Fsp3) is 0.462. The lowest BCUT2D eigenvalue weighted by atomic mass is 10.1. The zero-order valence-electron chi connectivity index (χ0n) is 11.3. The van der Waals surface area contributed by atoms with Crippen molar-refractivity contribution in [1.29, 1.82) is 0 Å².